The number of hydrogen-bond donors (Lipinski definition) is 0. The number of aromatic nitrogens is 3. The quantitative estimate of drug-likeness (QED) is 0.347. The van der Waals surface area contributed by atoms with Gasteiger partial charge in [0.25, 0.3) is 0 Å². The van der Waals surface area contributed by atoms with E-state index in [2.05, 4.69) is 95.2 Å². The maximum atomic E-state index is 6.81. The Bertz CT molecular complexity index is 1410. The molecule has 2 heterocycles. The van der Waals surface area contributed by atoms with Crippen molar-refractivity contribution in [3.63, 3.8) is 0 Å². The fraction of sp³-hybridized carbons (Fsp3) is 0.789. The Balaban J connectivity index is 1.18. The average Bonchev–Trinajstić information content (AvgIpc) is 3.43. The minimum atomic E-state index is 0.0986. The van der Waals surface area contributed by atoms with Crippen molar-refractivity contribution in [3.8, 4) is 0 Å². The molecule has 1 aromatic carbocycles. The molecule has 5 fully saturated rings. The standard InChI is InChI=1S/C38H56N3O/c1-33(2)18-20-38-21-19-36(6)26(30(38)32(33)42-24-38)14-15-29-35(5)22-27-31(34(3,4)28(35)16-17-37(29,36)7)41(39-40(27)8)23-25-12-10-9-11-13-25/h9-13,26,28-30,32H,14-24H2,1-8H3/q+1/t26-,28+,29-,30+,32-,35+,36-,37-,38-/m1/s1. The molecule has 8 rings (SSSR count). The number of benzene rings is 1. The summed E-state index contributed by atoms with van der Waals surface area (Å²) in [6.07, 6.45) is 12.7. The zero-order valence-electron chi connectivity index (χ0n) is 27.8. The summed E-state index contributed by atoms with van der Waals surface area (Å²) in [5.74, 6) is 3.03. The maximum absolute atomic E-state index is 6.81. The highest BCUT2D eigenvalue weighted by atomic mass is 16.5. The van der Waals surface area contributed by atoms with Gasteiger partial charge >= 0.3 is 0 Å². The van der Waals surface area contributed by atoms with Crippen LogP contribution in [-0.4, -0.2) is 22.6 Å². The molecule has 42 heavy (non-hydrogen) atoms. The SMILES string of the molecule is Cn1n[n+](Cc2ccccc2)c2c1C[C@]1(C)[C@H]3CC[C@@H]4[C@H]5[C@H]6OC[C@@]5(CCC6(C)C)CC[C@@]4(C)[C@]3(C)CC[C@H]1C2(C)C. The number of aryl methyl sites for hydroxylation is 1. The van der Waals surface area contributed by atoms with Gasteiger partial charge in [-0.2, -0.15) is 0 Å². The Hall–Kier alpha value is -1.68. The molecular weight excluding hydrogens is 514 g/mol. The van der Waals surface area contributed by atoms with Crippen molar-refractivity contribution in [2.45, 2.75) is 124 Å². The largest absolute Gasteiger partial charge is 0.377 e. The van der Waals surface area contributed by atoms with Gasteiger partial charge in [-0.15, -0.1) is 9.36 Å². The van der Waals surface area contributed by atoms with Gasteiger partial charge in [0.15, 0.2) is 11.4 Å². The number of hydrogen-bond acceptors (Lipinski definition) is 2. The number of nitrogens with zero attached hydrogens (tertiary/aromatic N) is 3. The second-order valence-corrected chi connectivity index (χ2v) is 18.1. The molecule has 2 aromatic rings. The fourth-order valence-corrected chi connectivity index (χ4v) is 13.6. The zero-order valence-corrected chi connectivity index (χ0v) is 27.8. The van der Waals surface area contributed by atoms with Crippen molar-refractivity contribution >= 4 is 0 Å². The lowest BCUT2D eigenvalue weighted by molar-refractivity contribution is -0.757. The smallest absolute Gasteiger partial charge is 0.177 e. The van der Waals surface area contributed by atoms with Crippen LogP contribution in [0, 0.1) is 50.7 Å². The summed E-state index contributed by atoms with van der Waals surface area (Å²) in [5, 5.41) is 5.17. The van der Waals surface area contributed by atoms with Crippen LogP contribution in [0.5, 0.6) is 0 Å². The molecule has 1 saturated heterocycles. The minimum Gasteiger partial charge on any atom is -0.377 e. The molecule has 6 aliphatic rings. The minimum absolute atomic E-state index is 0.0986. The van der Waals surface area contributed by atoms with Crippen LogP contribution in [0.25, 0.3) is 0 Å². The van der Waals surface area contributed by atoms with Gasteiger partial charge in [0.05, 0.1) is 17.9 Å². The lowest BCUT2D eigenvalue weighted by Crippen LogP contribution is -2.68. The van der Waals surface area contributed by atoms with E-state index >= 15 is 0 Å². The molecule has 0 radical (unpaired) electrons. The van der Waals surface area contributed by atoms with Gasteiger partial charge in [0.1, 0.15) is 13.6 Å². The maximum Gasteiger partial charge on any atom is 0.177 e. The Labute approximate surface area is 255 Å². The fourth-order valence-electron chi connectivity index (χ4n) is 13.6. The number of ether oxygens (including phenoxy) is 1. The molecular formula is C38H56N3O+. The van der Waals surface area contributed by atoms with E-state index in [1.54, 1.807) is 0 Å². The molecule has 4 heteroatoms. The molecule has 0 spiro atoms. The third kappa shape index (κ3) is 3.29. The van der Waals surface area contributed by atoms with E-state index in [-0.39, 0.29) is 5.41 Å². The highest BCUT2D eigenvalue weighted by molar-refractivity contribution is 5.30. The molecule has 228 valence electrons. The first-order valence-corrected chi connectivity index (χ1v) is 17.4. The van der Waals surface area contributed by atoms with Crippen molar-refractivity contribution in [1.82, 2.24) is 9.90 Å². The molecule has 4 nitrogen and oxygen atoms in total. The Kier molecular flexibility index (Phi) is 5.65. The van der Waals surface area contributed by atoms with E-state index in [4.69, 9.17) is 9.95 Å². The summed E-state index contributed by atoms with van der Waals surface area (Å²) in [5.41, 5.74) is 6.31. The molecule has 2 bridgehead atoms. The molecule has 4 saturated carbocycles. The summed E-state index contributed by atoms with van der Waals surface area (Å²) >= 11 is 0. The van der Waals surface area contributed by atoms with E-state index in [9.17, 15) is 0 Å². The van der Waals surface area contributed by atoms with Crippen molar-refractivity contribution in [1.29, 1.82) is 0 Å². The van der Waals surface area contributed by atoms with Crippen LogP contribution in [0.4, 0.5) is 0 Å². The van der Waals surface area contributed by atoms with Gasteiger partial charge in [0.2, 0.25) is 0 Å². The van der Waals surface area contributed by atoms with Gasteiger partial charge in [0, 0.05) is 11.8 Å². The first kappa shape index (κ1) is 27.8. The summed E-state index contributed by atoms with van der Waals surface area (Å²) < 4.78 is 11.4. The Morgan fingerprint density at radius 1 is 0.857 bits per heavy atom. The van der Waals surface area contributed by atoms with Crippen LogP contribution in [0.3, 0.4) is 0 Å². The lowest BCUT2D eigenvalue weighted by Gasteiger charge is -2.72. The van der Waals surface area contributed by atoms with Gasteiger partial charge in [-0.1, -0.05) is 78.8 Å². The van der Waals surface area contributed by atoms with Crippen LogP contribution in [0.2, 0.25) is 0 Å². The lowest BCUT2D eigenvalue weighted by atomic mass is 9.31. The summed E-state index contributed by atoms with van der Waals surface area (Å²) in [6.45, 7) is 20.3. The third-order valence-corrected chi connectivity index (χ3v) is 15.8. The van der Waals surface area contributed by atoms with E-state index in [0.29, 0.717) is 39.1 Å². The van der Waals surface area contributed by atoms with Crippen LogP contribution in [0.15, 0.2) is 30.3 Å². The van der Waals surface area contributed by atoms with Gasteiger partial charge in [-0.3, -0.25) is 0 Å². The predicted octanol–water partition coefficient (Wildman–Crippen LogP) is 7.66. The molecule has 0 unspecified atom stereocenters. The Morgan fingerprint density at radius 3 is 2.36 bits per heavy atom. The van der Waals surface area contributed by atoms with Crippen molar-refractivity contribution < 1.29 is 9.42 Å². The van der Waals surface area contributed by atoms with Gasteiger partial charge < -0.3 is 4.74 Å². The van der Waals surface area contributed by atoms with Crippen LogP contribution < -0.4 is 4.68 Å². The molecule has 5 aliphatic carbocycles. The predicted molar refractivity (Wildman–Crippen MR) is 167 cm³/mol. The second-order valence-electron chi connectivity index (χ2n) is 18.1. The summed E-state index contributed by atoms with van der Waals surface area (Å²) in [7, 11) is 2.21. The normalized spacial score (nSPS) is 46.1. The molecule has 0 amide bonds. The number of fused-ring (bicyclic) bond motifs is 6. The van der Waals surface area contributed by atoms with Crippen molar-refractivity contribution in [2.75, 3.05) is 6.61 Å². The summed E-state index contributed by atoms with van der Waals surface area (Å²) in [6, 6.07) is 10.9. The van der Waals surface area contributed by atoms with E-state index in [1.807, 2.05) is 0 Å². The first-order chi connectivity index (χ1) is 19.8. The van der Waals surface area contributed by atoms with Gasteiger partial charge in [-0.25, -0.2) is 0 Å². The van der Waals surface area contributed by atoms with E-state index in [0.717, 1.165) is 30.9 Å². The Morgan fingerprint density at radius 2 is 1.60 bits per heavy atom. The monoisotopic (exact) mass is 570 g/mol. The average molecular weight is 571 g/mol. The van der Waals surface area contributed by atoms with E-state index < -0.39 is 0 Å². The van der Waals surface area contributed by atoms with Crippen LogP contribution in [0.1, 0.15) is 117 Å². The van der Waals surface area contributed by atoms with E-state index in [1.165, 1.54) is 74.7 Å². The van der Waals surface area contributed by atoms with Crippen molar-refractivity contribution in [3.05, 3.63) is 47.3 Å². The zero-order chi connectivity index (χ0) is 29.5. The topological polar surface area (TPSA) is 30.9 Å². The van der Waals surface area contributed by atoms with Crippen molar-refractivity contribution in [2.24, 2.45) is 57.8 Å². The van der Waals surface area contributed by atoms with Crippen LogP contribution in [-0.2, 0) is 30.2 Å². The van der Waals surface area contributed by atoms with Crippen LogP contribution >= 0.6 is 0 Å². The molecule has 1 aromatic heterocycles. The molecule has 0 N–H and O–H groups in total. The summed E-state index contributed by atoms with van der Waals surface area (Å²) in [4.78, 5) is 0. The first-order valence-electron chi connectivity index (χ1n) is 17.4. The number of rotatable bonds is 2. The highest BCUT2D eigenvalue weighted by Gasteiger charge is 2.73. The molecule has 9 atom stereocenters. The molecule has 1 aliphatic heterocycles. The highest BCUT2D eigenvalue weighted by Crippen LogP contribution is 2.77. The second kappa shape index (κ2) is 8.52. The van der Waals surface area contributed by atoms with Gasteiger partial charge in [-0.05, 0) is 108 Å². The third-order valence-electron chi connectivity index (χ3n) is 15.8.